The Morgan fingerprint density at radius 3 is 2.44 bits per heavy atom. The number of hydrogen-bond donors (Lipinski definition) is 1. The van der Waals surface area contributed by atoms with Gasteiger partial charge in [0.05, 0.1) is 6.54 Å². The lowest BCUT2D eigenvalue weighted by Crippen LogP contribution is -2.29. The summed E-state index contributed by atoms with van der Waals surface area (Å²) in [5, 5.41) is 2.54. The molecule has 1 rings (SSSR count). The summed E-state index contributed by atoms with van der Waals surface area (Å²) in [5.41, 5.74) is 1.34. The van der Waals surface area contributed by atoms with Crippen molar-refractivity contribution in [3.05, 3.63) is 29.8 Å². The average molecular weight is 245 g/mol. The van der Waals surface area contributed by atoms with Crippen molar-refractivity contribution < 1.29 is 9.53 Å². The predicted molar refractivity (Wildman–Crippen MR) is 72.5 cm³/mol. The number of terminal acetylenes is 1. The molecule has 0 aliphatic heterocycles. The maximum absolute atomic E-state index is 11.3. The van der Waals surface area contributed by atoms with Gasteiger partial charge in [-0.25, -0.2) is 0 Å². The van der Waals surface area contributed by atoms with Gasteiger partial charge in [0.2, 0.25) is 0 Å². The SMILES string of the molecule is C#CCNC(=O)COc1ccc(C(C)(C)C)cc1. The molecule has 1 aromatic carbocycles. The van der Waals surface area contributed by atoms with E-state index in [4.69, 9.17) is 11.2 Å². The van der Waals surface area contributed by atoms with Gasteiger partial charge in [-0.1, -0.05) is 38.8 Å². The fourth-order valence-electron chi connectivity index (χ4n) is 1.40. The molecule has 0 fully saturated rings. The number of nitrogens with one attached hydrogen (secondary N) is 1. The van der Waals surface area contributed by atoms with Crippen molar-refractivity contribution in [2.24, 2.45) is 0 Å². The van der Waals surface area contributed by atoms with E-state index in [0.29, 0.717) is 5.75 Å². The van der Waals surface area contributed by atoms with Gasteiger partial charge in [-0.2, -0.15) is 0 Å². The van der Waals surface area contributed by atoms with Crippen molar-refractivity contribution >= 4 is 5.91 Å². The second kappa shape index (κ2) is 6.11. The highest BCUT2D eigenvalue weighted by Gasteiger charge is 2.13. The van der Waals surface area contributed by atoms with Gasteiger partial charge in [0.1, 0.15) is 5.75 Å². The largest absolute Gasteiger partial charge is 0.484 e. The van der Waals surface area contributed by atoms with Gasteiger partial charge >= 0.3 is 0 Å². The first-order chi connectivity index (χ1) is 8.43. The Morgan fingerprint density at radius 1 is 1.33 bits per heavy atom. The number of carbonyl (C=O) groups excluding carboxylic acids is 1. The number of carbonyl (C=O) groups is 1. The van der Waals surface area contributed by atoms with E-state index in [0.717, 1.165) is 0 Å². The molecule has 0 bridgehead atoms. The highest BCUT2D eigenvalue weighted by atomic mass is 16.5. The van der Waals surface area contributed by atoms with Gasteiger partial charge in [0, 0.05) is 0 Å². The third-order valence-corrected chi connectivity index (χ3v) is 2.48. The van der Waals surface area contributed by atoms with E-state index < -0.39 is 0 Å². The van der Waals surface area contributed by atoms with Crippen LogP contribution in [0, 0.1) is 12.3 Å². The molecular formula is C15H19NO2. The molecule has 1 N–H and O–H groups in total. The summed E-state index contributed by atoms with van der Waals surface area (Å²) in [4.78, 5) is 11.3. The van der Waals surface area contributed by atoms with E-state index >= 15 is 0 Å². The van der Waals surface area contributed by atoms with Gasteiger partial charge in [-0.3, -0.25) is 4.79 Å². The van der Waals surface area contributed by atoms with Crippen molar-refractivity contribution in [3.63, 3.8) is 0 Å². The lowest BCUT2D eigenvalue weighted by molar-refractivity contribution is -0.122. The Morgan fingerprint density at radius 2 is 1.94 bits per heavy atom. The summed E-state index contributed by atoms with van der Waals surface area (Å²) < 4.78 is 5.35. The molecule has 0 saturated heterocycles. The molecule has 96 valence electrons. The van der Waals surface area contributed by atoms with Crippen LogP contribution < -0.4 is 10.1 Å². The molecular weight excluding hydrogens is 226 g/mol. The van der Waals surface area contributed by atoms with Crippen LogP contribution in [0.25, 0.3) is 0 Å². The molecule has 0 unspecified atom stereocenters. The second-order valence-electron chi connectivity index (χ2n) is 5.04. The third kappa shape index (κ3) is 4.50. The van der Waals surface area contributed by atoms with E-state index in [1.807, 2.05) is 24.3 Å². The Hall–Kier alpha value is -1.95. The van der Waals surface area contributed by atoms with Gasteiger partial charge in [0.25, 0.3) is 5.91 Å². The topological polar surface area (TPSA) is 38.3 Å². The summed E-state index contributed by atoms with van der Waals surface area (Å²) in [7, 11) is 0. The summed E-state index contributed by atoms with van der Waals surface area (Å²) >= 11 is 0. The minimum atomic E-state index is -0.215. The summed E-state index contributed by atoms with van der Waals surface area (Å²) in [6, 6.07) is 7.76. The summed E-state index contributed by atoms with van der Waals surface area (Å²) in [5.74, 6) is 2.80. The molecule has 0 radical (unpaired) electrons. The van der Waals surface area contributed by atoms with Crippen molar-refractivity contribution in [2.75, 3.05) is 13.2 Å². The molecule has 0 aliphatic rings. The van der Waals surface area contributed by atoms with Crippen molar-refractivity contribution in [3.8, 4) is 18.1 Å². The lowest BCUT2D eigenvalue weighted by atomic mass is 9.87. The van der Waals surface area contributed by atoms with Crippen LogP contribution in [0.15, 0.2) is 24.3 Å². The van der Waals surface area contributed by atoms with E-state index in [1.165, 1.54) is 5.56 Å². The highest BCUT2D eigenvalue weighted by Crippen LogP contribution is 2.24. The highest BCUT2D eigenvalue weighted by molar-refractivity contribution is 5.77. The summed E-state index contributed by atoms with van der Waals surface area (Å²) in [6.45, 7) is 6.66. The zero-order valence-electron chi connectivity index (χ0n) is 11.1. The molecule has 0 spiro atoms. The maximum atomic E-state index is 11.3. The van der Waals surface area contributed by atoms with E-state index in [1.54, 1.807) is 0 Å². The lowest BCUT2D eigenvalue weighted by Gasteiger charge is -2.19. The van der Waals surface area contributed by atoms with E-state index in [9.17, 15) is 4.79 Å². The monoisotopic (exact) mass is 245 g/mol. The zero-order chi connectivity index (χ0) is 13.6. The maximum Gasteiger partial charge on any atom is 0.258 e. The second-order valence-corrected chi connectivity index (χ2v) is 5.04. The van der Waals surface area contributed by atoms with Crippen LogP contribution in [0.5, 0.6) is 5.75 Å². The molecule has 0 heterocycles. The standard InChI is InChI=1S/C15H19NO2/c1-5-10-16-14(17)11-18-13-8-6-12(7-9-13)15(2,3)4/h1,6-9H,10-11H2,2-4H3,(H,16,17). The molecule has 18 heavy (non-hydrogen) atoms. The van der Waals surface area contributed by atoms with Crippen LogP contribution in [-0.4, -0.2) is 19.1 Å². The molecule has 0 aromatic heterocycles. The fraction of sp³-hybridized carbons (Fsp3) is 0.400. The Balaban J connectivity index is 2.50. The van der Waals surface area contributed by atoms with Crippen LogP contribution in [0.2, 0.25) is 0 Å². The Bertz CT molecular complexity index is 435. The average Bonchev–Trinajstić information content (AvgIpc) is 2.33. The quantitative estimate of drug-likeness (QED) is 0.825. The zero-order valence-corrected chi connectivity index (χ0v) is 11.1. The minimum absolute atomic E-state index is 0.0173. The summed E-state index contributed by atoms with van der Waals surface area (Å²) in [6.07, 6.45) is 5.04. The van der Waals surface area contributed by atoms with Crippen LogP contribution in [-0.2, 0) is 10.2 Å². The predicted octanol–water partition coefficient (Wildman–Crippen LogP) is 2.11. The van der Waals surface area contributed by atoms with Crippen LogP contribution in [0.3, 0.4) is 0 Å². The first-order valence-electron chi connectivity index (χ1n) is 5.87. The molecule has 1 amide bonds. The Labute approximate surface area is 109 Å². The van der Waals surface area contributed by atoms with Gasteiger partial charge in [-0.05, 0) is 23.1 Å². The Kier molecular flexibility index (Phi) is 4.79. The molecule has 0 saturated carbocycles. The number of benzene rings is 1. The number of amides is 1. The first-order valence-corrected chi connectivity index (χ1v) is 5.87. The van der Waals surface area contributed by atoms with Crippen LogP contribution in [0.1, 0.15) is 26.3 Å². The molecule has 3 heteroatoms. The van der Waals surface area contributed by atoms with Gasteiger partial charge in [0.15, 0.2) is 6.61 Å². The van der Waals surface area contributed by atoms with Crippen LogP contribution in [0.4, 0.5) is 0 Å². The molecule has 1 aromatic rings. The van der Waals surface area contributed by atoms with Crippen molar-refractivity contribution in [1.82, 2.24) is 5.32 Å². The molecule has 0 aliphatic carbocycles. The molecule has 0 atom stereocenters. The first kappa shape index (κ1) is 14.1. The third-order valence-electron chi connectivity index (χ3n) is 2.48. The number of hydrogen-bond acceptors (Lipinski definition) is 2. The fourth-order valence-corrected chi connectivity index (χ4v) is 1.40. The molecule has 3 nitrogen and oxygen atoms in total. The number of rotatable bonds is 4. The van der Waals surface area contributed by atoms with Crippen LogP contribution >= 0.6 is 0 Å². The van der Waals surface area contributed by atoms with E-state index in [-0.39, 0.29) is 24.5 Å². The van der Waals surface area contributed by atoms with E-state index in [2.05, 4.69) is 32.0 Å². The number of ether oxygens (including phenoxy) is 1. The van der Waals surface area contributed by atoms with Crippen molar-refractivity contribution in [1.29, 1.82) is 0 Å². The van der Waals surface area contributed by atoms with Gasteiger partial charge < -0.3 is 10.1 Å². The smallest absolute Gasteiger partial charge is 0.258 e. The van der Waals surface area contributed by atoms with Gasteiger partial charge in [-0.15, -0.1) is 6.42 Å². The van der Waals surface area contributed by atoms with Crippen molar-refractivity contribution in [2.45, 2.75) is 26.2 Å². The normalized spacial score (nSPS) is 10.6. The minimum Gasteiger partial charge on any atom is -0.484 e.